The van der Waals surface area contributed by atoms with Crippen molar-refractivity contribution in [1.29, 1.82) is 0 Å². The van der Waals surface area contributed by atoms with E-state index in [0.29, 0.717) is 0 Å². The predicted octanol–water partition coefficient (Wildman–Crippen LogP) is -1.40. The van der Waals surface area contributed by atoms with Crippen LogP contribution in [0.1, 0.15) is 48.5 Å². The third kappa shape index (κ3) is 10.7. The molecule has 10 atom stereocenters. The molecule has 0 radical (unpaired) electrons. The standard InChI is InChI=1S/C26H36O18/c1-10(27)35-8-17-19(37-12(3)29)21(39-14(5)31)23(25(34)42-17)44-26-24(41-16(7)33)22(40-15(6)32)20(38-13(4)30)18(43-26)9-36-11(2)28/h17-26,34H,8-9H2,1-7H3/t17-,18-,19+,20-,21+,22+,23-,24+,25+,26-/m1/s1. The average Bonchev–Trinajstić information content (AvgIpc) is 2.87. The molecule has 2 aliphatic rings. The normalized spacial score (nSPS) is 31.5. The quantitative estimate of drug-likeness (QED) is 0.203. The Kier molecular flexibility index (Phi) is 13.4. The highest BCUT2D eigenvalue weighted by atomic mass is 16.8. The monoisotopic (exact) mass is 636 g/mol. The number of carbonyl (C=O) groups is 7. The van der Waals surface area contributed by atoms with Gasteiger partial charge in [0.25, 0.3) is 0 Å². The summed E-state index contributed by atoms with van der Waals surface area (Å²) in [5.41, 5.74) is 0. The Labute approximate surface area is 251 Å². The third-order valence-corrected chi connectivity index (χ3v) is 5.90. The van der Waals surface area contributed by atoms with Gasteiger partial charge < -0.3 is 52.5 Å². The molecule has 0 aromatic rings. The van der Waals surface area contributed by atoms with Crippen molar-refractivity contribution in [3.8, 4) is 0 Å². The van der Waals surface area contributed by atoms with Gasteiger partial charge in [0.15, 0.2) is 49.2 Å². The van der Waals surface area contributed by atoms with E-state index in [9.17, 15) is 38.7 Å². The molecule has 0 unspecified atom stereocenters. The largest absolute Gasteiger partial charge is 0.463 e. The predicted molar refractivity (Wildman–Crippen MR) is 135 cm³/mol. The molecule has 0 aromatic heterocycles. The number of carbonyl (C=O) groups excluding carboxylic acids is 7. The second kappa shape index (κ2) is 16.3. The summed E-state index contributed by atoms with van der Waals surface area (Å²) in [4.78, 5) is 83.3. The summed E-state index contributed by atoms with van der Waals surface area (Å²) in [5.74, 6) is -5.97. The van der Waals surface area contributed by atoms with Crippen LogP contribution in [0.5, 0.6) is 0 Å². The fourth-order valence-electron chi connectivity index (χ4n) is 4.49. The van der Waals surface area contributed by atoms with Crippen LogP contribution < -0.4 is 0 Å². The van der Waals surface area contributed by atoms with Gasteiger partial charge in [-0.1, -0.05) is 0 Å². The van der Waals surface area contributed by atoms with E-state index in [0.717, 1.165) is 48.5 Å². The van der Waals surface area contributed by atoms with Gasteiger partial charge in [-0.15, -0.1) is 0 Å². The molecule has 2 saturated heterocycles. The van der Waals surface area contributed by atoms with Crippen LogP contribution in [0.3, 0.4) is 0 Å². The molecule has 0 saturated carbocycles. The summed E-state index contributed by atoms with van der Waals surface area (Å²) in [7, 11) is 0. The molecule has 0 aliphatic carbocycles. The van der Waals surface area contributed by atoms with Crippen LogP contribution in [0.15, 0.2) is 0 Å². The van der Waals surface area contributed by atoms with Gasteiger partial charge in [-0.2, -0.15) is 0 Å². The van der Waals surface area contributed by atoms with Crippen molar-refractivity contribution < 1.29 is 86.0 Å². The van der Waals surface area contributed by atoms with Crippen molar-refractivity contribution in [2.45, 2.75) is 110 Å². The summed E-state index contributed by atoms with van der Waals surface area (Å²) in [6.07, 6.45) is -16.3. The summed E-state index contributed by atoms with van der Waals surface area (Å²) in [5, 5.41) is 11.0. The lowest BCUT2D eigenvalue weighted by Gasteiger charge is -2.47. The first-order valence-electron chi connectivity index (χ1n) is 13.3. The van der Waals surface area contributed by atoms with E-state index < -0.39 is 116 Å². The lowest BCUT2D eigenvalue weighted by molar-refractivity contribution is -0.363. The van der Waals surface area contributed by atoms with Crippen LogP contribution in [0, 0.1) is 0 Å². The van der Waals surface area contributed by atoms with Crippen LogP contribution in [-0.4, -0.2) is 122 Å². The minimum absolute atomic E-state index is 0.534. The first kappa shape index (κ1) is 36.3. The van der Waals surface area contributed by atoms with Crippen molar-refractivity contribution in [2.24, 2.45) is 0 Å². The van der Waals surface area contributed by atoms with Gasteiger partial charge >= 0.3 is 41.8 Å². The van der Waals surface area contributed by atoms with Crippen molar-refractivity contribution in [3.63, 3.8) is 0 Å². The van der Waals surface area contributed by atoms with Crippen LogP contribution >= 0.6 is 0 Å². The minimum Gasteiger partial charge on any atom is -0.463 e. The SMILES string of the molecule is CC(=O)OC[C@H]1O[C@H](O)[C@H](O[C@H]2O[C@H](COC(C)=O)[C@@H](OC(C)=O)[C@H](OC(C)=O)[C@@H]2OC(C)=O)[C@@H](OC(C)=O)[C@H]1OC(C)=O. The molecule has 18 heteroatoms. The minimum atomic E-state index is -1.99. The Bertz CT molecular complexity index is 1090. The Balaban J connectivity index is 2.59. The highest BCUT2D eigenvalue weighted by molar-refractivity contribution is 5.69. The highest BCUT2D eigenvalue weighted by Gasteiger charge is 2.57. The number of esters is 7. The van der Waals surface area contributed by atoms with E-state index >= 15 is 0 Å². The van der Waals surface area contributed by atoms with E-state index in [1.165, 1.54) is 0 Å². The van der Waals surface area contributed by atoms with Crippen molar-refractivity contribution in [3.05, 3.63) is 0 Å². The molecule has 1 N–H and O–H groups in total. The molecule has 248 valence electrons. The van der Waals surface area contributed by atoms with Crippen LogP contribution in [0.25, 0.3) is 0 Å². The molecule has 0 spiro atoms. The Morgan fingerprint density at radius 2 is 0.818 bits per heavy atom. The summed E-state index contributed by atoms with van der Waals surface area (Å²) >= 11 is 0. The number of aliphatic hydroxyl groups excluding tert-OH is 1. The second-order valence-electron chi connectivity index (χ2n) is 9.68. The van der Waals surface area contributed by atoms with Gasteiger partial charge in [0.1, 0.15) is 25.4 Å². The molecule has 0 bridgehead atoms. The maximum Gasteiger partial charge on any atom is 0.303 e. The summed E-state index contributed by atoms with van der Waals surface area (Å²) in [6, 6.07) is 0. The molecular weight excluding hydrogens is 600 g/mol. The number of hydrogen-bond acceptors (Lipinski definition) is 18. The first-order chi connectivity index (χ1) is 20.5. The third-order valence-electron chi connectivity index (χ3n) is 5.90. The number of ether oxygens (including phenoxy) is 10. The van der Waals surface area contributed by atoms with E-state index in [1.54, 1.807) is 0 Å². The fraction of sp³-hybridized carbons (Fsp3) is 0.731. The maximum atomic E-state index is 12.1. The van der Waals surface area contributed by atoms with Gasteiger partial charge in [0.05, 0.1) is 0 Å². The van der Waals surface area contributed by atoms with E-state index in [1.807, 2.05) is 0 Å². The Hall–Kier alpha value is -3.87. The van der Waals surface area contributed by atoms with E-state index in [4.69, 9.17) is 47.4 Å². The molecule has 2 rings (SSSR count). The molecule has 2 aliphatic heterocycles. The van der Waals surface area contributed by atoms with Crippen LogP contribution in [0.2, 0.25) is 0 Å². The molecule has 2 fully saturated rings. The fourth-order valence-corrected chi connectivity index (χ4v) is 4.49. The molecule has 44 heavy (non-hydrogen) atoms. The van der Waals surface area contributed by atoms with Gasteiger partial charge in [-0.3, -0.25) is 33.6 Å². The van der Waals surface area contributed by atoms with Crippen LogP contribution in [-0.2, 0) is 80.9 Å². The number of aliphatic hydroxyl groups is 1. The van der Waals surface area contributed by atoms with Gasteiger partial charge in [-0.25, -0.2) is 0 Å². The lowest BCUT2D eigenvalue weighted by atomic mass is 9.96. The van der Waals surface area contributed by atoms with Gasteiger partial charge in [-0.05, 0) is 0 Å². The highest BCUT2D eigenvalue weighted by Crippen LogP contribution is 2.34. The number of hydrogen-bond donors (Lipinski definition) is 1. The Morgan fingerprint density at radius 1 is 0.477 bits per heavy atom. The molecule has 18 nitrogen and oxygen atoms in total. The molecule has 0 amide bonds. The van der Waals surface area contributed by atoms with Gasteiger partial charge in [0.2, 0.25) is 0 Å². The smallest absolute Gasteiger partial charge is 0.303 e. The summed E-state index contributed by atoms with van der Waals surface area (Å²) < 4.78 is 53.9. The number of rotatable bonds is 11. The van der Waals surface area contributed by atoms with E-state index in [-0.39, 0.29) is 0 Å². The molecule has 0 aromatic carbocycles. The van der Waals surface area contributed by atoms with Gasteiger partial charge in [0, 0.05) is 48.5 Å². The zero-order valence-corrected chi connectivity index (χ0v) is 25.1. The summed E-state index contributed by atoms with van der Waals surface area (Å²) in [6.45, 7) is 6.19. The molecule has 2 heterocycles. The van der Waals surface area contributed by atoms with Crippen molar-refractivity contribution in [2.75, 3.05) is 13.2 Å². The first-order valence-corrected chi connectivity index (χ1v) is 13.3. The van der Waals surface area contributed by atoms with Crippen molar-refractivity contribution >= 4 is 41.8 Å². The average molecular weight is 637 g/mol. The maximum absolute atomic E-state index is 12.1. The molecular formula is C26H36O18. The zero-order chi connectivity index (χ0) is 33.3. The van der Waals surface area contributed by atoms with Crippen LogP contribution in [0.4, 0.5) is 0 Å². The zero-order valence-electron chi connectivity index (χ0n) is 25.1. The second-order valence-corrected chi connectivity index (χ2v) is 9.68. The topological polar surface area (TPSA) is 232 Å². The van der Waals surface area contributed by atoms with E-state index in [2.05, 4.69) is 0 Å². The van der Waals surface area contributed by atoms with Crippen molar-refractivity contribution in [1.82, 2.24) is 0 Å². The lowest BCUT2D eigenvalue weighted by Crippen LogP contribution is -2.67. The Morgan fingerprint density at radius 3 is 1.20 bits per heavy atom.